The summed E-state index contributed by atoms with van der Waals surface area (Å²) in [6, 6.07) is 1.52. The number of carbonyl (C=O) groups excluding carboxylic acids is 1. The Morgan fingerprint density at radius 3 is 2.83 bits per heavy atom. The molecule has 0 atom stereocenters. The summed E-state index contributed by atoms with van der Waals surface area (Å²) < 4.78 is 5.16. The van der Waals surface area contributed by atoms with Crippen molar-refractivity contribution in [2.24, 2.45) is 5.92 Å². The third-order valence-corrected chi connectivity index (χ3v) is 1.99. The van der Waals surface area contributed by atoms with E-state index in [9.17, 15) is 4.79 Å². The van der Waals surface area contributed by atoms with Gasteiger partial charge < -0.3 is 10.1 Å². The van der Waals surface area contributed by atoms with Crippen LogP contribution in [0.1, 0.15) is 12.8 Å². The molecule has 1 fully saturated rings. The molecule has 0 spiro atoms. The Morgan fingerprint density at radius 2 is 2.25 bits per heavy atom. The van der Waals surface area contributed by atoms with E-state index in [4.69, 9.17) is 10.00 Å². The van der Waals surface area contributed by atoms with Gasteiger partial charge in [-0.3, -0.25) is 4.79 Å². The maximum absolute atomic E-state index is 10.6. The molecule has 66 valence electrons. The summed E-state index contributed by atoms with van der Waals surface area (Å²) in [4.78, 5) is 10.6. The minimum atomic E-state index is -0.540. The van der Waals surface area contributed by atoms with Gasteiger partial charge in [-0.15, -0.1) is 0 Å². The van der Waals surface area contributed by atoms with E-state index >= 15 is 0 Å². The van der Waals surface area contributed by atoms with Crippen molar-refractivity contribution in [2.45, 2.75) is 12.8 Å². The fourth-order valence-electron chi connectivity index (χ4n) is 1.23. The molecule has 0 aliphatic carbocycles. The van der Waals surface area contributed by atoms with Crippen LogP contribution in [0.4, 0.5) is 0 Å². The summed E-state index contributed by atoms with van der Waals surface area (Å²) in [5, 5.41) is 10.7. The minimum absolute atomic E-state index is 0.482. The molecule has 1 N–H and O–H groups in total. The van der Waals surface area contributed by atoms with Crippen LogP contribution >= 0.6 is 0 Å². The summed E-state index contributed by atoms with van der Waals surface area (Å²) in [5.41, 5.74) is 0. The molecule has 12 heavy (non-hydrogen) atoms. The van der Waals surface area contributed by atoms with E-state index in [1.807, 2.05) is 0 Å². The van der Waals surface area contributed by atoms with Crippen molar-refractivity contribution < 1.29 is 9.53 Å². The molecule has 0 bridgehead atoms. The van der Waals surface area contributed by atoms with Crippen molar-refractivity contribution in [3.63, 3.8) is 0 Å². The molecule has 0 saturated carbocycles. The van der Waals surface area contributed by atoms with Gasteiger partial charge in [0.2, 0.25) is 0 Å². The van der Waals surface area contributed by atoms with Gasteiger partial charge in [-0.05, 0) is 18.8 Å². The Balaban J connectivity index is 2.14. The molecule has 0 aromatic rings. The van der Waals surface area contributed by atoms with Crippen LogP contribution in [0.5, 0.6) is 0 Å². The smallest absolute Gasteiger partial charge is 0.322 e. The summed E-state index contributed by atoms with van der Waals surface area (Å²) in [7, 11) is 0. The van der Waals surface area contributed by atoms with Gasteiger partial charge in [0.15, 0.2) is 6.07 Å². The highest BCUT2D eigenvalue weighted by Crippen LogP contribution is 2.12. The van der Waals surface area contributed by atoms with Crippen molar-refractivity contribution >= 4 is 5.91 Å². The normalized spacial score (nSPS) is 18.2. The second kappa shape index (κ2) is 4.73. The topological polar surface area (TPSA) is 62.1 Å². The molecule has 1 aliphatic rings. The van der Waals surface area contributed by atoms with Crippen molar-refractivity contribution in [3.8, 4) is 6.07 Å². The van der Waals surface area contributed by atoms with E-state index in [0.29, 0.717) is 12.5 Å². The highest BCUT2D eigenvalue weighted by atomic mass is 16.5. The second-order valence-corrected chi connectivity index (χ2v) is 2.88. The predicted octanol–water partition coefficient (Wildman–Crippen LogP) is 0.0528. The first-order valence-electron chi connectivity index (χ1n) is 4.08. The van der Waals surface area contributed by atoms with Crippen LogP contribution in [-0.4, -0.2) is 25.7 Å². The average Bonchev–Trinajstić information content (AvgIpc) is 2.16. The zero-order valence-electron chi connectivity index (χ0n) is 6.88. The third-order valence-electron chi connectivity index (χ3n) is 1.99. The van der Waals surface area contributed by atoms with E-state index in [0.717, 1.165) is 26.1 Å². The van der Waals surface area contributed by atoms with Crippen molar-refractivity contribution in [1.29, 1.82) is 5.26 Å². The molecule has 0 radical (unpaired) electrons. The van der Waals surface area contributed by atoms with Crippen LogP contribution in [0.3, 0.4) is 0 Å². The molecule has 0 aromatic carbocycles. The molecular formula is C8H12N2O2. The van der Waals surface area contributed by atoms with Crippen LogP contribution < -0.4 is 5.32 Å². The van der Waals surface area contributed by atoms with E-state index in [2.05, 4.69) is 5.32 Å². The number of ether oxygens (including phenoxy) is 1. The number of nitrogens with one attached hydrogen (secondary N) is 1. The Morgan fingerprint density at radius 1 is 1.58 bits per heavy atom. The zero-order chi connectivity index (χ0) is 8.81. The number of hydrogen-bond acceptors (Lipinski definition) is 3. The number of nitrogens with zero attached hydrogens (tertiary/aromatic N) is 1. The lowest BCUT2D eigenvalue weighted by Crippen LogP contribution is -2.31. The Hall–Kier alpha value is -1.08. The monoisotopic (exact) mass is 168 g/mol. The number of hydrogen-bond donors (Lipinski definition) is 1. The number of amides is 1. The minimum Gasteiger partial charge on any atom is -0.381 e. The van der Waals surface area contributed by atoms with Crippen molar-refractivity contribution in [1.82, 2.24) is 5.32 Å². The van der Waals surface area contributed by atoms with Crippen molar-refractivity contribution in [3.05, 3.63) is 0 Å². The molecule has 1 saturated heterocycles. The summed E-state index contributed by atoms with van der Waals surface area (Å²) in [5.74, 6) is -0.0578. The van der Waals surface area contributed by atoms with E-state index in [1.165, 1.54) is 6.07 Å². The van der Waals surface area contributed by atoms with Crippen LogP contribution in [-0.2, 0) is 9.53 Å². The van der Waals surface area contributed by atoms with Crippen LogP contribution in [0, 0.1) is 17.2 Å². The first-order chi connectivity index (χ1) is 5.83. The van der Waals surface area contributed by atoms with Crippen LogP contribution in [0.15, 0.2) is 0 Å². The van der Waals surface area contributed by atoms with Crippen LogP contribution in [0.2, 0.25) is 0 Å². The largest absolute Gasteiger partial charge is 0.381 e. The Kier molecular flexibility index (Phi) is 3.55. The molecule has 0 unspecified atom stereocenters. The molecular weight excluding hydrogens is 156 g/mol. The Labute approximate surface area is 71.5 Å². The highest BCUT2D eigenvalue weighted by molar-refractivity contribution is 5.91. The first-order valence-corrected chi connectivity index (χ1v) is 4.08. The van der Waals surface area contributed by atoms with Crippen LogP contribution in [0.25, 0.3) is 0 Å². The summed E-state index contributed by atoms with van der Waals surface area (Å²) in [6.45, 7) is 2.15. The molecule has 1 rings (SSSR count). The fraction of sp³-hybridized carbons (Fsp3) is 0.750. The third kappa shape index (κ3) is 2.89. The molecule has 1 amide bonds. The van der Waals surface area contributed by atoms with Gasteiger partial charge in [-0.25, -0.2) is 0 Å². The maximum atomic E-state index is 10.6. The van der Waals surface area contributed by atoms with Gasteiger partial charge in [-0.2, -0.15) is 5.26 Å². The van der Waals surface area contributed by atoms with Gasteiger partial charge >= 0.3 is 5.91 Å². The maximum Gasteiger partial charge on any atom is 0.322 e. The summed E-state index contributed by atoms with van der Waals surface area (Å²) in [6.07, 6.45) is 1.96. The number of rotatable bonds is 2. The number of nitriles is 1. The van der Waals surface area contributed by atoms with Gasteiger partial charge in [-0.1, -0.05) is 0 Å². The fourth-order valence-corrected chi connectivity index (χ4v) is 1.23. The van der Waals surface area contributed by atoms with Crippen molar-refractivity contribution in [2.75, 3.05) is 19.8 Å². The van der Waals surface area contributed by atoms with E-state index in [1.54, 1.807) is 0 Å². The predicted molar refractivity (Wildman–Crippen MR) is 42.2 cm³/mol. The molecule has 4 nitrogen and oxygen atoms in total. The molecule has 0 aromatic heterocycles. The zero-order valence-corrected chi connectivity index (χ0v) is 6.88. The first kappa shape index (κ1) is 9.01. The van der Waals surface area contributed by atoms with E-state index in [-0.39, 0.29) is 0 Å². The lowest BCUT2D eigenvalue weighted by molar-refractivity contribution is -0.116. The van der Waals surface area contributed by atoms with Gasteiger partial charge in [0.25, 0.3) is 0 Å². The van der Waals surface area contributed by atoms with E-state index < -0.39 is 5.91 Å². The standard InChI is InChI=1S/C8H12N2O2/c9-5-8(11)10-6-7-1-3-12-4-2-7/h7H,1-4,6H2,(H,10,11). The van der Waals surface area contributed by atoms with Gasteiger partial charge in [0.05, 0.1) is 0 Å². The number of carbonyl (C=O) groups is 1. The molecule has 1 aliphatic heterocycles. The molecule has 4 heteroatoms. The second-order valence-electron chi connectivity index (χ2n) is 2.88. The SMILES string of the molecule is N#CC(=O)NCC1CCOCC1. The lowest BCUT2D eigenvalue weighted by Gasteiger charge is -2.21. The quantitative estimate of drug-likeness (QED) is 0.593. The van der Waals surface area contributed by atoms with Gasteiger partial charge in [0.1, 0.15) is 0 Å². The molecule has 1 heterocycles. The highest BCUT2D eigenvalue weighted by Gasteiger charge is 2.13. The Bertz CT molecular complexity index is 192. The average molecular weight is 168 g/mol. The lowest BCUT2D eigenvalue weighted by atomic mass is 10.0. The summed E-state index contributed by atoms with van der Waals surface area (Å²) >= 11 is 0. The van der Waals surface area contributed by atoms with Gasteiger partial charge in [0, 0.05) is 19.8 Å².